The third-order valence-corrected chi connectivity index (χ3v) is 2.73. The van der Waals surface area contributed by atoms with Gasteiger partial charge in [0.05, 0.1) is 7.11 Å². The number of aliphatic hydroxyl groups excluding tert-OH is 1. The van der Waals surface area contributed by atoms with E-state index in [1.807, 2.05) is 0 Å². The Morgan fingerprint density at radius 2 is 1.89 bits per heavy atom. The smallest absolute Gasteiger partial charge is 0.303 e. The summed E-state index contributed by atoms with van der Waals surface area (Å²) < 4.78 is 4.70. The Morgan fingerprint density at radius 1 is 1.28 bits per heavy atom. The molecule has 0 aromatic carbocycles. The topological polar surface area (TPSA) is 101 Å². The zero-order valence-corrected chi connectivity index (χ0v) is 10.1. The standard InChI is InChI=1S/C12H14O6/c1-6-7(4-3-5-8(13)14)10(16)12(18-2)11(17)9(6)15/h17H,3-5H2,1-2H3,(H,13,14). The predicted octanol–water partition coefficient (Wildman–Crippen LogP) is 1.13. The molecule has 6 nitrogen and oxygen atoms in total. The fourth-order valence-electron chi connectivity index (χ4n) is 1.74. The van der Waals surface area contributed by atoms with E-state index < -0.39 is 23.3 Å². The summed E-state index contributed by atoms with van der Waals surface area (Å²) in [6.45, 7) is 1.43. The van der Waals surface area contributed by atoms with E-state index in [4.69, 9.17) is 9.84 Å². The van der Waals surface area contributed by atoms with E-state index in [0.717, 1.165) is 0 Å². The molecule has 0 heterocycles. The van der Waals surface area contributed by atoms with Crippen molar-refractivity contribution < 1.29 is 29.3 Å². The molecule has 0 aromatic heterocycles. The maximum Gasteiger partial charge on any atom is 0.303 e. The van der Waals surface area contributed by atoms with Crippen LogP contribution in [-0.4, -0.2) is 34.9 Å². The number of allylic oxidation sites excluding steroid dienone is 2. The molecule has 0 bridgehead atoms. The van der Waals surface area contributed by atoms with Crippen LogP contribution in [0.1, 0.15) is 26.2 Å². The number of carboxylic acids is 1. The number of carbonyl (C=O) groups excluding carboxylic acids is 2. The van der Waals surface area contributed by atoms with Gasteiger partial charge in [-0.2, -0.15) is 0 Å². The number of hydrogen-bond donors (Lipinski definition) is 2. The van der Waals surface area contributed by atoms with Gasteiger partial charge in [-0.1, -0.05) is 0 Å². The van der Waals surface area contributed by atoms with Crippen molar-refractivity contribution in [3.63, 3.8) is 0 Å². The van der Waals surface area contributed by atoms with E-state index in [1.54, 1.807) is 0 Å². The van der Waals surface area contributed by atoms with E-state index in [0.29, 0.717) is 0 Å². The number of aliphatic hydroxyl groups is 1. The molecule has 0 unspecified atom stereocenters. The summed E-state index contributed by atoms with van der Waals surface area (Å²) in [7, 11) is 1.19. The largest absolute Gasteiger partial charge is 0.501 e. The van der Waals surface area contributed by atoms with Crippen molar-refractivity contribution >= 4 is 17.5 Å². The Hall–Kier alpha value is -2.11. The summed E-state index contributed by atoms with van der Waals surface area (Å²) in [5.41, 5.74) is 0.347. The van der Waals surface area contributed by atoms with Crippen LogP contribution in [0, 0.1) is 0 Å². The minimum absolute atomic E-state index is 0.0870. The lowest BCUT2D eigenvalue weighted by Crippen LogP contribution is -2.24. The zero-order chi connectivity index (χ0) is 13.9. The summed E-state index contributed by atoms with van der Waals surface area (Å²) in [4.78, 5) is 33.9. The molecule has 0 saturated carbocycles. The maximum absolute atomic E-state index is 11.9. The predicted molar refractivity (Wildman–Crippen MR) is 60.9 cm³/mol. The number of rotatable bonds is 5. The van der Waals surface area contributed by atoms with Crippen LogP contribution in [0.15, 0.2) is 22.7 Å². The molecule has 1 rings (SSSR count). The highest BCUT2D eigenvalue weighted by atomic mass is 16.5. The number of ether oxygens (including phenoxy) is 1. The quantitative estimate of drug-likeness (QED) is 0.713. The number of Topliss-reactive ketones (excluding diaryl/α,β-unsaturated/α-hetero) is 2. The number of methoxy groups -OCH3 is 1. The van der Waals surface area contributed by atoms with Gasteiger partial charge in [-0.15, -0.1) is 0 Å². The first-order valence-corrected chi connectivity index (χ1v) is 5.38. The third-order valence-electron chi connectivity index (χ3n) is 2.73. The molecule has 0 atom stereocenters. The van der Waals surface area contributed by atoms with Crippen LogP contribution < -0.4 is 0 Å². The molecule has 18 heavy (non-hydrogen) atoms. The lowest BCUT2D eigenvalue weighted by Gasteiger charge is -2.17. The van der Waals surface area contributed by atoms with Crippen LogP contribution in [0.2, 0.25) is 0 Å². The van der Waals surface area contributed by atoms with Gasteiger partial charge in [0.25, 0.3) is 0 Å². The minimum atomic E-state index is -0.965. The number of ketones is 2. The van der Waals surface area contributed by atoms with E-state index >= 15 is 0 Å². The summed E-state index contributed by atoms with van der Waals surface area (Å²) in [6.07, 6.45) is 0.331. The zero-order valence-electron chi connectivity index (χ0n) is 10.1. The number of carboxylic acid groups (broad SMARTS) is 1. The Balaban J connectivity index is 2.93. The first kappa shape index (κ1) is 14.0. The summed E-state index contributed by atoms with van der Waals surface area (Å²) in [6, 6.07) is 0. The lowest BCUT2D eigenvalue weighted by atomic mass is 9.90. The molecule has 0 aromatic rings. The van der Waals surface area contributed by atoms with Crippen LogP contribution >= 0.6 is 0 Å². The SMILES string of the molecule is COC1=C(O)C(=O)C(C)=C(CCCC(=O)O)C1=O. The van der Waals surface area contributed by atoms with E-state index in [-0.39, 0.29) is 36.2 Å². The van der Waals surface area contributed by atoms with Crippen LogP contribution in [0.4, 0.5) is 0 Å². The molecular formula is C12H14O6. The second kappa shape index (κ2) is 5.48. The normalized spacial score (nSPS) is 16.3. The molecule has 1 aliphatic rings. The van der Waals surface area contributed by atoms with Crippen molar-refractivity contribution in [2.75, 3.05) is 7.11 Å². The molecule has 98 valence electrons. The average molecular weight is 254 g/mol. The molecule has 0 fully saturated rings. The number of hydrogen-bond acceptors (Lipinski definition) is 5. The Bertz CT molecular complexity index is 469. The van der Waals surface area contributed by atoms with Crippen molar-refractivity contribution in [2.45, 2.75) is 26.2 Å². The molecule has 0 spiro atoms. The summed E-state index contributed by atoms with van der Waals surface area (Å²) in [5.74, 6) is -3.25. The molecule has 0 radical (unpaired) electrons. The second-order valence-electron chi connectivity index (χ2n) is 3.89. The van der Waals surface area contributed by atoms with Crippen molar-refractivity contribution in [3.05, 3.63) is 22.7 Å². The average Bonchev–Trinajstić information content (AvgIpc) is 2.31. The van der Waals surface area contributed by atoms with Crippen molar-refractivity contribution in [2.24, 2.45) is 0 Å². The Kier molecular flexibility index (Phi) is 4.25. The van der Waals surface area contributed by atoms with E-state index in [1.165, 1.54) is 14.0 Å². The van der Waals surface area contributed by atoms with Crippen LogP contribution in [0.25, 0.3) is 0 Å². The monoisotopic (exact) mass is 254 g/mol. The molecule has 0 aliphatic heterocycles. The molecule has 6 heteroatoms. The summed E-state index contributed by atoms with van der Waals surface area (Å²) in [5, 5.41) is 18.0. The van der Waals surface area contributed by atoms with Gasteiger partial charge in [-0.25, -0.2) is 0 Å². The highest BCUT2D eigenvalue weighted by molar-refractivity contribution is 6.23. The Morgan fingerprint density at radius 3 is 2.39 bits per heavy atom. The van der Waals surface area contributed by atoms with Crippen LogP contribution in [-0.2, 0) is 19.1 Å². The van der Waals surface area contributed by atoms with Crippen LogP contribution in [0.3, 0.4) is 0 Å². The molecule has 0 amide bonds. The molecule has 0 saturated heterocycles. The highest BCUT2D eigenvalue weighted by Gasteiger charge is 2.33. The van der Waals surface area contributed by atoms with Gasteiger partial charge >= 0.3 is 5.97 Å². The molecule has 1 aliphatic carbocycles. The van der Waals surface area contributed by atoms with Gasteiger partial charge in [0.2, 0.25) is 23.1 Å². The van der Waals surface area contributed by atoms with Gasteiger partial charge in [0.1, 0.15) is 0 Å². The Labute approximate surface area is 104 Å². The molecular weight excluding hydrogens is 240 g/mol. The van der Waals surface area contributed by atoms with E-state index in [2.05, 4.69) is 0 Å². The van der Waals surface area contributed by atoms with Crippen molar-refractivity contribution in [1.29, 1.82) is 0 Å². The summed E-state index contributed by atoms with van der Waals surface area (Å²) >= 11 is 0. The minimum Gasteiger partial charge on any atom is -0.501 e. The van der Waals surface area contributed by atoms with Crippen molar-refractivity contribution in [3.8, 4) is 0 Å². The number of carbonyl (C=O) groups is 3. The first-order valence-electron chi connectivity index (χ1n) is 5.38. The lowest BCUT2D eigenvalue weighted by molar-refractivity contribution is -0.137. The van der Waals surface area contributed by atoms with Gasteiger partial charge in [0.15, 0.2) is 0 Å². The maximum atomic E-state index is 11.9. The van der Waals surface area contributed by atoms with Gasteiger partial charge in [0, 0.05) is 17.6 Å². The van der Waals surface area contributed by atoms with Crippen LogP contribution in [0.5, 0.6) is 0 Å². The second-order valence-corrected chi connectivity index (χ2v) is 3.89. The van der Waals surface area contributed by atoms with Gasteiger partial charge in [-0.3, -0.25) is 14.4 Å². The number of aliphatic carboxylic acids is 1. The first-order chi connectivity index (χ1) is 8.40. The van der Waals surface area contributed by atoms with E-state index in [9.17, 15) is 19.5 Å². The fourth-order valence-corrected chi connectivity index (χ4v) is 1.74. The van der Waals surface area contributed by atoms with Gasteiger partial charge < -0.3 is 14.9 Å². The highest BCUT2D eigenvalue weighted by Crippen LogP contribution is 2.26. The van der Waals surface area contributed by atoms with Gasteiger partial charge in [-0.05, 0) is 19.8 Å². The molecule has 2 N–H and O–H groups in total. The van der Waals surface area contributed by atoms with Crippen molar-refractivity contribution in [1.82, 2.24) is 0 Å². The third kappa shape index (κ3) is 2.58. The fraction of sp³-hybridized carbons (Fsp3) is 0.417.